The van der Waals surface area contributed by atoms with Crippen molar-refractivity contribution in [3.63, 3.8) is 0 Å². The predicted molar refractivity (Wildman–Crippen MR) is 384 cm³/mol. The first-order valence-electron chi connectivity index (χ1n) is 32.1. The van der Waals surface area contributed by atoms with Crippen molar-refractivity contribution in [2.24, 2.45) is 0 Å². The largest absolute Gasteiger partial charge is 0.305 e. The molecule has 0 saturated carbocycles. The Balaban J connectivity index is 1.13. The SMILES string of the molecule is CC(C)(C)c1cc(-c2ccccc2)c(N2c3ccc(-c4ccccc4)cc3N3c4cc(-c5ccccc5)ccc4N(c4c(-c5ccccc5)cc(C(C)(C)C)cc4-c4ccccc4)c4cc(C5c6ccccc6Cc6ccccc65)cc2c43)c(-c2ccccc2)c1. The third-order valence-corrected chi connectivity index (χ3v) is 19.1. The minimum atomic E-state index is -0.177. The van der Waals surface area contributed by atoms with Crippen LogP contribution in [0.3, 0.4) is 0 Å². The molecule has 16 rings (SSSR count). The predicted octanol–water partition coefficient (Wildman–Crippen LogP) is 24.4. The average molecular weight is 1170 g/mol. The molecule has 13 aromatic carbocycles. The molecule has 0 amide bonds. The fourth-order valence-corrected chi connectivity index (χ4v) is 14.5. The Morgan fingerprint density at radius 1 is 0.253 bits per heavy atom. The molecule has 3 aliphatic rings. The Morgan fingerprint density at radius 3 is 0.879 bits per heavy atom. The number of hydrogen-bond acceptors (Lipinski definition) is 3. The minimum absolute atomic E-state index is 0.0977. The zero-order valence-electron chi connectivity index (χ0n) is 52.5. The summed E-state index contributed by atoms with van der Waals surface area (Å²) in [5.74, 6) is -0.0977. The zero-order chi connectivity index (χ0) is 61.5. The second-order valence-electron chi connectivity index (χ2n) is 26.9. The van der Waals surface area contributed by atoms with Gasteiger partial charge in [0, 0.05) is 28.2 Å². The number of hydrogen-bond donors (Lipinski definition) is 0. The molecule has 0 unspecified atom stereocenters. The molecule has 0 spiro atoms. The van der Waals surface area contributed by atoms with Gasteiger partial charge < -0.3 is 14.7 Å². The van der Waals surface area contributed by atoms with Gasteiger partial charge in [-0.1, -0.05) is 284 Å². The number of nitrogens with zero attached hydrogens (tertiary/aromatic N) is 3. The fraction of sp³-hybridized carbons (Fsp3) is 0.114. The van der Waals surface area contributed by atoms with E-state index in [4.69, 9.17) is 0 Å². The Bertz CT molecular complexity index is 4480. The second-order valence-corrected chi connectivity index (χ2v) is 26.9. The van der Waals surface area contributed by atoms with E-state index in [2.05, 4.69) is 360 Å². The van der Waals surface area contributed by atoms with Crippen molar-refractivity contribution < 1.29 is 0 Å². The van der Waals surface area contributed by atoms with Gasteiger partial charge in [-0.3, -0.25) is 0 Å². The Labute approximate surface area is 536 Å². The van der Waals surface area contributed by atoms with Crippen LogP contribution in [0.25, 0.3) is 66.8 Å². The molecule has 0 atom stereocenters. The van der Waals surface area contributed by atoms with Gasteiger partial charge in [0.1, 0.15) is 0 Å². The molecule has 3 heteroatoms. The molecule has 0 radical (unpaired) electrons. The summed E-state index contributed by atoms with van der Waals surface area (Å²) in [6.45, 7) is 14.1. The highest BCUT2D eigenvalue weighted by Crippen LogP contribution is 2.68. The molecule has 0 bridgehead atoms. The van der Waals surface area contributed by atoms with E-state index >= 15 is 0 Å². The topological polar surface area (TPSA) is 9.72 Å². The summed E-state index contributed by atoms with van der Waals surface area (Å²) >= 11 is 0. The molecule has 438 valence electrons. The van der Waals surface area contributed by atoms with Crippen molar-refractivity contribution in [3.05, 3.63) is 342 Å². The van der Waals surface area contributed by atoms with Crippen LogP contribution in [0.4, 0.5) is 51.2 Å². The molecule has 0 N–H and O–H groups in total. The maximum atomic E-state index is 2.68. The number of benzene rings is 13. The molecule has 1 aliphatic carbocycles. The van der Waals surface area contributed by atoms with Crippen LogP contribution in [0.2, 0.25) is 0 Å². The van der Waals surface area contributed by atoms with Gasteiger partial charge in [-0.2, -0.15) is 0 Å². The van der Waals surface area contributed by atoms with E-state index in [1.54, 1.807) is 0 Å². The van der Waals surface area contributed by atoms with Crippen molar-refractivity contribution in [2.75, 3.05) is 14.7 Å². The lowest BCUT2D eigenvalue weighted by Gasteiger charge is -2.49. The lowest BCUT2D eigenvalue weighted by atomic mass is 9.74. The molecule has 0 aromatic heterocycles. The third-order valence-electron chi connectivity index (χ3n) is 19.1. The van der Waals surface area contributed by atoms with Crippen molar-refractivity contribution in [2.45, 2.75) is 64.7 Å². The Hall–Kier alpha value is -10.7. The summed E-state index contributed by atoms with van der Waals surface area (Å²) in [5.41, 5.74) is 32.6. The van der Waals surface area contributed by atoms with E-state index in [-0.39, 0.29) is 16.7 Å². The van der Waals surface area contributed by atoms with Crippen molar-refractivity contribution in [3.8, 4) is 66.8 Å². The normalized spacial score (nSPS) is 13.2. The summed E-state index contributed by atoms with van der Waals surface area (Å²) in [6, 6.07) is 114. The van der Waals surface area contributed by atoms with Crippen LogP contribution in [-0.4, -0.2) is 0 Å². The number of anilines is 9. The maximum absolute atomic E-state index is 2.68. The van der Waals surface area contributed by atoms with Crippen LogP contribution in [-0.2, 0) is 17.3 Å². The van der Waals surface area contributed by atoms with E-state index in [0.717, 1.165) is 102 Å². The first-order chi connectivity index (χ1) is 44.4. The quantitative estimate of drug-likeness (QED) is 0.143. The third kappa shape index (κ3) is 9.66. The van der Waals surface area contributed by atoms with Gasteiger partial charge in [0.25, 0.3) is 0 Å². The molecular weight excluding hydrogens is 1100 g/mol. The standard InChI is InChI=1S/C88H71N3/c1-87(2,3)69-54-73(60-33-17-9-18-34-60)84(74(55-69)61-35-19-10-20-36-61)89-77-47-45-64(58-29-13-7-14-30-58)50-79(77)91-80-51-65(59-31-15-8-16-32-59)46-48-78(80)90(85-75(62-37-21-11-22-38-62)56-70(88(4,5)6)57-76(85)63-39-23-12-24-40-63)82-53-68(52-81(89)86(82)91)83-71-43-27-25-41-66(71)49-67-42-26-28-44-72(67)83/h7-48,50-57,83H,49H2,1-6H3. The molecular formula is C88H71N3. The monoisotopic (exact) mass is 1170 g/mol. The molecule has 91 heavy (non-hydrogen) atoms. The van der Waals surface area contributed by atoms with Gasteiger partial charge in [-0.05, 0) is 161 Å². The Kier molecular flexibility index (Phi) is 13.5. The van der Waals surface area contributed by atoms with Crippen molar-refractivity contribution in [1.29, 1.82) is 0 Å². The highest BCUT2D eigenvalue weighted by Gasteiger charge is 2.44. The molecule has 3 nitrogen and oxygen atoms in total. The van der Waals surface area contributed by atoms with Gasteiger partial charge in [0.05, 0.1) is 51.2 Å². The van der Waals surface area contributed by atoms with Crippen molar-refractivity contribution in [1.82, 2.24) is 0 Å². The van der Waals surface area contributed by atoms with Crippen LogP contribution < -0.4 is 14.7 Å². The van der Waals surface area contributed by atoms with Crippen LogP contribution >= 0.6 is 0 Å². The molecule has 2 heterocycles. The van der Waals surface area contributed by atoms with Gasteiger partial charge in [0.15, 0.2) is 0 Å². The highest BCUT2D eigenvalue weighted by molar-refractivity contribution is 6.17. The van der Waals surface area contributed by atoms with Crippen LogP contribution in [0.5, 0.6) is 0 Å². The molecule has 0 fully saturated rings. The summed E-state index contributed by atoms with van der Waals surface area (Å²) in [6.07, 6.45) is 0.878. The summed E-state index contributed by atoms with van der Waals surface area (Å²) in [7, 11) is 0. The zero-order valence-corrected chi connectivity index (χ0v) is 52.5. The smallest absolute Gasteiger partial charge is 0.0948 e. The first-order valence-corrected chi connectivity index (χ1v) is 32.1. The first kappa shape index (κ1) is 55.6. The summed E-state index contributed by atoms with van der Waals surface area (Å²) < 4.78 is 0. The van der Waals surface area contributed by atoms with E-state index in [9.17, 15) is 0 Å². The van der Waals surface area contributed by atoms with Crippen LogP contribution in [0.15, 0.2) is 303 Å². The second kappa shape index (κ2) is 22.1. The van der Waals surface area contributed by atoms with Gasteiger partial charge in [-0.15, -0.1) is 0 Å². The van der Waals surface area contributed by atoms with Crippen LogP contribution in [0.1, 0.15) is 86.4 Å². The lowest BCUT2D eigenvalue weighted by Crippen LogP contribution is -2.32. The fourth-order valence-electron chi connectivity index (χ4n) is 14.5. The number of fused-ring (bicyclic) bond motifs is 6. The van der Waals surface area contributed by atoms with Crippen molar-refractivity contribution >= 4 is 51.2 Å². The van der Waals surface area contributed by atoms with E-state index in [1.165, 1.54) is 61.2 Å². The van der Waals surface area contributed by atoms with Crippen LogP contribution in [0, 0.1) is 0 Å². The molecule has 2 aliphatic heterocycles. The molecule has 13 aromatic rings. The van der Waals surface area contributed by atoms with Gasteiger partial charge in [0.2, 0.25) is 0 Å². The molecule has 0 saturated heterocycles. The Morgan fingerprint density at radius 2 is 0.549 bits per heavy atom. The number of rotatable bonds is 9. The minimum Gasteiger partial charge on any atom is -0.305 e. The van der Waals surface area contributed by atoms with Gasteiger partial charge in [-0.25, -0.2) is 0 Å². The van der Waals surface area contributed by atoms with E-state index in [1.807, 2.05) is 0 Å². The van der Waals surface area contributed by atoms with E-state index in [0.29, 0.717) is 0 Å². The van der Waals surface area contributed by atoms with E-state index < -0.39 is 0 Å². The van der Waals surface area contributed by atoms with Gasteiger partial charge >= 0.3 is 0 Å². The summed E-state index contributed by atoms with van der Waals surface area (Å²) in [4.78, 5) is 8.02. The average Bonchev–Trinajstić information content (AvgIpc) is 0.688. The summed E-state index contributed by atoms with van der Waals surface area (Å²) in [5, 5.41) is 0. The maximum Gasteiger partial charge on any atom is 0.0948 e. The highest BCUT2D eigenvalue weighted by atomic mass is 15.3. The lowest BCUT2D eigenvalue weighted by molar-refractivity contribution is 0.590.